The summed E-state index contributed by atoms with van der Waals surface area (Å²) in [5, 5.41) is 3.40. The van der Waals surface area contributed by atoms with E-state index in [1.807, 2.05) is 4.90 Å². The molecule has 0 saturated carbocycles. The fourth-order valence-corrected chi connectivity index (χ4v) is 3.53. The largest absolute Gasteiger partial charge is 0.369 e. The van der Waals surface area contributed by atoms with E-state index in [0.29, 0.717) is 24.3 Å². The minimum absolute atomic E-state index is 0.0768. The summed E-state index contributed by atoms with van der Waals surface area (Å²) in [5.41, 5.74) is 1.07. The zero-order chi connectivity index (χ0) is 15.7. The number of piperazine rings is 1. The van der Waals surface area contributed by atoms with Crippen LogP contribution in [-0.4, -0.2) is 49.1 Å². The molecule has 120 valence electrons. The minimum Gasteiger partial charge on any atom is -0.369 e. The van der Waals surface area contributed by atoms with Gasteiger partial charge in [-0.1, -0.05) is 0 Å². The lowest BCUT2D eigenvalue weighted by Gasteiger charge is -2.36. The van der Waals surface area contributed by atoms with Crippen LogP contribution in [0.3, 0.4) is 0 Å². The summed E-state index contributed by atoms with van der Waals surface area (Å²) in [6, 6.07) is 5.44. The summed E-state index contributed by atoms with van der Waals surface area (Å²) in [5.74, 6) is -0.365. The number of hydrogen-bond donors (Lipinski definition) is 1. The van der Waals surface area contributed by atoms with Crippen LogP contribution in [0.4, 0.5) is 10.1 Å². The highest BCUT2D eigenvalue weighted by Gasteiger charge is 2.26. The number of nitrogens with one attached hydrogen (secondary N) is 1. The van der Waals surface area contributed by atoms with Gasteiger partial charge in [-0.05, 0) is 44.9 Å². The van der Waals surface area contributed by atoms with Gasteiger partial charge in [-0.15, -0.1) is 0 Å². The van der Waals surface area contributed by atoms with Crippen LogP contribution in [0.5, 0.6) is 0 Å². The molecule has 0 unspecified atom stereocenters. The molecule has 3 rings (SSSR count). The Bertz CT molecular complexity index is 547. The lowest BCUT2D eigenvalue weighted by molar-refractivity contribution is 0.0673. The standard InChI is InChI=1S/C17H24FN3O/c1-12-10-21(11-13(2)19-12)17(22)14-5-6-16(15(18)9-14)20-7-3-4-8-20/h5-6,9,12-13,19H,3-4,7-8,10-11H2,1-2H3/t12-,13-/m0/s1. The first-order valence-electron chi connectivity index (χ1n) is 8.14. The first-order chi connectivity index (χ1) is 10.5. The van der Waals surface area contributed by atoms with Gasteiger partial charge < -0.3 is 15.1 Å². The van der Waals surface area contributed by atoms with Gasteiger partial charge in [-0.3, -0.25) is 4.79 Å². The van der Waals surface area contributed by atoms with E-state index >= 15 is 0 Å². The Morgan fingerprint density at radius 2 is 1.82 bits per heavy atom. The van der Waals surface area contributed by atoms with Crippen molar-refractivity contribution in [1.82, 2.24) is 10.2 Å². The second-order valence-electron chi connectivity index (χ2n) is 6.54. The minimum atomic E-state index is -0.288. The van der Waals surface area contributed by atoms with E-state index in [0.717, 1.165) is 25.9 Å². The summed E-state index contributed by atoms with van der Waals surface area (Å²) in [6.07, 6.45) is 2.22. The monoisotopic (exact) mass is 305 g/mol. The molecule has 1 N–H and O–H groups in total. The van der Waals surface area contributed by atoms with Crippen LogP contribution < -0.4 is 10.2 Å². The Morgan fingerprint density at radius 3 is 2.41 bits per heavy atom. The summed E-state index contributed by atoms with van der Waals surface area (Å²) >= 11 is 0. The molecule has 2 aliphatic rings. The Balaban J connectivity index is 1.76. The molecule has 0 aliphatic carbocycles. The van der Waals surface area contributed by atoms with Crippen LogP contribution in [0.1, 0.15) is 37.0 Å². The third kappa shape index (κ3) is 3.09. The third-order valence-electron chi connectivity index (χ3n) is 4.49. The molecular formula is C17H24FN3O. The number of rotatable bonds is 2. The van der Waals surface area contributed by atoms with Crippen LogP contribution in [0.15, 0.2) is 18.2 Å². The number of hydrogen-bond acceptors (Lipinski definition) is 3. The van der Waals surface area contributed by atoms with E-state index in [-0.39, 0.29) is 23.8 Å². The van der Waals surface area contributed by atoms with Crippen molar-refractivity contribution in [2.75, 3.05) is 31.1 Å². The summed E-state index contributed by atoms with van der Waals surface area (Å²) in [6.45, 7) is 7.26. The van der Waals surface area contributed by atoms with Crippen molar-refractivity contribution in [2.24, 2.45) is 0 Å². The lowest BCUT2D eigenvalue weighted by Crippen LogP contribution is -2.55. The van der Waals surface area contributed by atoms with Crippen LogP contribution in [0, 0.1) is 5.82 Å². The molecule has 0 aromatic heterocycles. The first kappa shape index (κ1) is 15.3. The van der Waals surface area contributed by atoms with Gasteiger partial charge in [0.05, 0.1) is 5.69 Å². The van der Waals surface area contributed by atoms with Gasteiger partial charge in [0.2, 0.25) is 0 Å². The van der Waals surface area contributed by atoms with Gasteiger partial charge >= 0.3 is 0 Å². The fourth-order valence-electron chi connectivity index (χ4n) is 3.53. The highest BCUT2D eigenvalue weighted by Crippen LogP contribution is 2.25. The van der Waals surface area contributed by atoms with Gasteiger partial charge in [-0.2, -0.15) is 0 Å². The number of halogens is 1. The summed E-state index contributed by atoms with van der Waals surface area (Å²) in [4.78, 5) is 16.5. The molecule has 2 heterocycles. The van der Waals surface area contributed by atoms with Crippen LogP contribution in [0.25, 0.3) is 0 Å². The topological polar surface area (TPSA) is 35.6 Å². The third-order valence-corrected chi connectivity index (χ3v) is 4.49. The smallest absolute Gasteiger partial charge is 0.254 e. The van der Waals surface area contributed by atoms with Gasteiger partial charge in [0, 0.05) is 43.8 Å². The first-order valence-corrected chi connectivity index (χ1v) is 8.14. The van der Waals surface area contributed by atoms with E-state index in [1.165, 1.54) is 6.07 Å². The number of carbonyl (C=O) groups is 1. The molecule has 4 nitrogen and oxygen atoms in total. The molecule has 0 radical (unpaired) electrons. The van der Waals surface area contributed by atoms with Gasteiger partial charge in [0.1, 0.15) is 5.82 Å². The molecular weight excluding hydrogens is 281 g/mol. The predicted octanol–water partition coefficient (Wildman–Crippen LogP) is 2.25. The molecule has 22 heavy (non-hydrogen) atoms. The van der Waals surface area contributed by atoms with Crippen molar-refractivity contribution < 1.29 is 9.18 Å². The highest BCUT2D eigenvalue weighted by atomic mass is 19.1. The fraction of sp³-hybridized carbons (Fsp3) is 0.588. The zero-order valence-electron chi connectivity index (χ0n) is 13.3. The average molecular weight is 305 g/mol. The number of nitrogens with zero attached hydrogens (tertiary/aromatic N) is 2. The molecule has 1 amide bonds. The highest BCUT2D eigenvalue weighted by molar-refractivity contribution is 5.94. The Labute approximate surface area is 131 Å². The number of amides is 1. The molecule has 5 heteroatoms. The lowest BCUT2D eigenvalue weighted by atomic mass is 10.1. The normalized spacial score (nSPS) is 25.6. The Kier molecular flexibility index (Phi) is 4.34. The number of anilines is 1. The SMILES string of the molecule is C[C@H]1CN(C(=O)c2ccc(N3CCCC3)c(F)c2)C[C@H](C)N1. The number of carbonyl (C=O) groups excluding carboxylic acids is 1. The van der Waals surface area contributed by atoms with E-state index < -0.39 is 0 Å². The molecule has 2 fully saturated rings. The average Bonchev–Trinajstić information content (AvgIpc) is 2.99. The number of benzene rings is 1. The van der Waals surface area contributed by atoms with Gasteiger partial charge in [0.15, 0.2) is 0 Å². The predicted molar refractivity (Wildman–Crippen MR) is 85.8 cm³/mol. The molecule has 1 aromatic rings. The molecule has 0 spiro atoms. The molecule has 2 aliphatic heterocycles. The van der Waals surface area contributed by atoms with Crippen molar-refractivity contribution in [3.05, 3.63) is 29.6 Å². The van der Waals surface area contributed by atoms with Crippen molar-refractivity contribution in [3.8, 4) is 0 Å². The molecule has 2 saturated heterocycles. The molecule has 1 aromatic carbocycles. The molecule has 2 atom stereocenters. The van der Waals surface area contributed by atoms with Crippen molar-refractivity contribution in [3.63, 3.8) is 0 Å². The molecule has 0 bridgehead atoms. The zero-order valence-corrected chi connectivity index (χ0v) is 13.3. The maximum Gasteiger partial charge on any atom is 0.254 e. The summed E-state index contributed by atoms with van der Waals surface area (Å²) in [7, 11) is 0. The van der Waals surface area contributed by atoms with Crippen molar-refractivity contribution in [1.29, 1.82) is 0 Å². The van der Waals surface area contributed by atoms with Crippen molar-refractivity contribution in [2.45, 2.75) is 38.8 Å². The second kappa shape index (κ2) is 6.24. The Hall–Kier alpha value is -1.62. The quantitative estimate of drug-likeness (QED) is 0.910. The van der Waals surface area contributed by atoms with Crippen molar-refractivity contribution >= 4 is 11.6 Å². The maximum atomic E-state index is 14.4. The van der Waals surface area contributed by atoms with Crippen LogP contribution in [-0.2, 0) is 0 Å². The van der Waals surface area contributed by atoms with Crippen LogP contribution in [0.2, 0.25) is 0 Å². The van der Waals surface area contributed by atoms with E-state index in [4.69, 9.17) is 0 Å². The van der Waals surface area contributed by atoms with Crippen LogP contribution >= 0.6 is 0 Å². The van der Waals surface area contributed by atoms with Gasteiger partial charge in [-0.25, -0.2) is 4.39 Å². The maximum absolute atomic E-state index is 14.4. The van der Waals surface area contributed by atoms with E-state index in [2.05, 4.69) is 24.1 Å². The Morgan fingerprint density at radius 1 is 1.18 bits per heavy atom. The van der Waals surface area contributed by atoms with E-state index in [9.17, 15) is 9.18 Å². The summed E-state index contributed by atoms with van der Waals surface area (Å²) < 4.78 is 14.4. The second-order valence-corrected chi connectivity index (χ2v) is 6.54. The van der Waals surface area contributed by atoms with E-state index in [1.54, 1.807) is 12.1 Å². The van der Waals surface area contributed by atoms with Gasteiger partial charge in [0.25, 0.3) is 5.91 Å².